The first-order valence-electron chi connectivity index (χ1n) is 8.07. The highest BCUT2D eigenvalue weighted by Crippen LogP contribution is 2.44. The number of amides is 1. The molecule has 2 atom stereocenters. The molecule has 5 heteroatoms. The van der Waals surface area contributed by atoms with Gasteiger partial charge in [0.1, 0.15) is 6.26 Å². The van der Waals surface area contributed by atoms with Gasteiger partial charge in [-0.1, -0.05) is 38.1 Å². The molecule has 1 N–H and O–H groups in total. The van der Waals surface area contributed by atoms with Gasteiger partial charge in [0.25, 0.3) is 5.91 Å². The van der Waals surface area contributed by atoms with E-state index in [0.29, 0.717) is 11.8 Å². The summed E-state index contributed by atoms with van der Waals surface area (Å²) in [7, 11) is 1.38. The van der Waals surface area contributed by atoms with Crippen LogP contribution in [-0.2, 0) is 0 Å². The molecule has 3 rings (SSSR count). The summed E-state index contributed by atoms with van der Waals surface area (Å²) < 4.78 is 10.1. The fourth-order valence-corrected chi connectivity index (χ4v) is 3.34. The zero-order valence-corrected chi connectivity index (χ0v) is 14.0. The number of fused-ring (bicyclic) bond motifs is 1. The number of methoxy groups -OCH3 is 1. The van der Waals surface area contributed by atoms with E-state index >= 15 is 0 Å². The molecule has 1 aliphatic carbocycles. The maximum Gasteiger partial charge on any atom is 0.287 e. The maximum absolute atomic E-state index is 12.5. The van der Waals surface area contributed by atoms with Crippen LogP contribution in [0.5, 0.6) is 5.75 Å². The van der Waals surface area contributed by atoms with Crippen molar-refractivity contribution in [2.75, 3.05) is 7.11 Å². The van der Waals surface area contributed by atoms with Crippen molar-refractivity contribution in [1.82, 2.24) is 5.32 Å². The fourth-order valence-electron chi connectivity index (χ4n) is 3.34. The zero-order valence-electron chi connectivity index (χ0n) is 14.0. The van der Waals surface area contributed by atoms with E-state index in [2.05, 4.69) is 25.2 Å². The third kappa shape index (κ3) is 2.94. The number of ether oxygens (including phenoxy) is 1. The Kier molecular flexibility index (Phi) is 4.42. The summed E-state index contributed by atoms with van der Waals surface area (Å²) in [6.07, 6.45) is 2.01. The second kappa shape index (κ2) is 6.51. The fraction of sp³-hybridized carbons (Fsp3) is 0.368. The molecule has 5 nitrogen and oxygen atoms in total. The SMILES string of the molecule is COc1coc(C(=O)N[C@@H]2C[C@H](C(C)C)c3ccccc32)cc1=O. The van der Waals surface area contributed by atoms with Crippen LogP contribution in [0.3, 0.4) is 0 Å². The molecule has 126 valence electrons. The Labute approximate surface area is 140 Å². The van der Waals surface area contributed by atoms with Gasteiger partial charge in [0, 0.05) is 6.07 Å². The summed E-state index contributed by atoms with van der Waals surface area (Å²) >= 11 is 0. The lowest BCUT2D eigenvalue weighted by molar-refractivity contribution is 0.0903. The molecule has 2 aromatic rings. The molecular weight excluding hydrogens is 306 g/mol. The van der Waals surface area contributed by atoms with Crippen LogP contribution in [0.1, 0.15) is 53.9 Å². The molecule has 0 aliphatic heterocycles. The lowest BCUT2D eigenvalue weighted by atomic mass is 9.90. The lowest BCUT2D eigenvalue weighted by Crippen LogP contribution is -2.28. The van der Waals surface area contributed by atoms with Crippen LogP contribution < -0.4 is 15.5 Å². The molecule has 1 amide bonds. The second-order valence-corrected chi connectivity index (χ2v) is 6.42. The minimum absolute atomic E-state index is 0.00808. The van der Waals surface area contributed by atoms with Crippen LogP contribution in [-0.4, -0.2) is 13.0 Å². The first-order chi connectivity index (χ1) is 11.5. The molecule has 1 aromatic carbocycles. The molecular formula is C19H21NO4. The average Bonchev–Trinajstić information content (AvgIpc) is 2.94. The van der Waals surface area contributed by atoms with Gasteiger partial charge in [-0.15, -0.1) is 0 Å². The van der Waals surface area contributed by atoms with Crippen LogP contribution in [0.25, 0.3) is 0 Å². The van der Waals surface area contributed by atoms with E-state index < -0.39 is 0 Å². The first kappa shape index (κ1) is 16.3. The Morgan fingerprint density at radius 2 is 2.00 bits per heavy atom. The second-order valence-electron chi connectivity index (χ2n) is 6.42. The van der Waals surface area contributed by atoms with Crippen molar-refractivity contribution in [2.24, 2.45) is 5.92 Å². The summed E-state index contributed by atoms with van der Waals surface area (Å²) in [6, 6.07) is 9.27. The number of hydrogen-bond acceptors (Lipinski definition) is 4. The van der Waals surface area contributed by atoms with Gasteiger partial charge in [-0.25, -0.2) is 0 Å². The summed E-state index contributed by atoms with van der Waals surface area (Å²) in [5.74, 6) is 0.587. The van der Waals surface area contributed by atoms with Gasteiger partial charge in [-0.2, -0.15) is 0 Å². The van der Waals surface area contributed by atoms with Crippen molar-refractivity contribution in [1.29, 1.82) is 0 Å². The molecule has 1 aromatic heterocycles. The number of nitrogens with one attached hydrogen (secondary N) is 1. The van der Waals surface area contributed by atoms with Crippen molar-refractivity contribution >= 4 is 5.91 Å². The van der Waals surface area contributed by atoms with E-state index in [1.165, 1.54) is 12.7 Å². The summed E-state index contributed by atoms with van der Waals surface area (Å²) in [6.45, 7) is 4.38. The molecule has 0 fully saturated rings. The van der Waals surface area contributed by atoms with Crippen LogP contribution in [0, 0.1) is 5.92 Å². The lowest BCUT2D eigenvalue weighted by Gasteiger charge is -2.16. The summed E-state index contributed by atoms with van der Waals surface area (Å²) in [5.41, 5.74) is 2.05. The first-order valence-corrected chi connectivity index (χ1v) is 8.07. The van der Waals surface area contributed by atoms with E-state index in [4.69, 9.17) is 9.15 Å². The van der Waals surface area contributed by atoms with Gasteiger partial charge in [0.05, 0.1) is 13.2 Å². The van der Waals surface area contributed by atoms with Crippen molar-refractivity contribution in [3.05, 3.63) is 63.7 Å². The molecule has 24 heavy (non-hydrogen) atoms. The monoisotopic (exact) mass is 327 g/mol. The number of benzene rings is 1. The zero-order chi connectivity index (χ0) is 17.3. The Bertz CT molecular complexity index is 809. The minimum Gasteiger partial charge on any atom is -0.490 e. The van der Waals surface area contributed by atoms with Gasteiger partial charge in [0.2, 0.25) is 11.2 Å². The van der Waals surface area contributed by atoms with Crippen LogP contribution in [0.2, 0.25) is 0 Å². The van der Waals surface area contributed by atoms with Crippen molar-refractivity contribution in [3.8, 4) is 5.75 Å². The van der Waals surface area contributed by atoms with Gasteiger partial charge in [-0.3, -0.25) is 9.59 Å². The van der Waals surface area contributed by atoms with E-state index in [-0.39, 0.29) is 28.9 Å². The number of hydrogen-bond donors (Lipinski definition) is 1. The number of carbonyl (C=O) groups excluding carboxylic acids is 1. The Balaban J connectivity index is 1.83. The third-order valence-corrected chi connectivity index (χ3v) is 4.61. The Morgan fingerprint density at radius 1 is 1.29 bits per heavy atom. The number of rotatable bonds is 4. The summed E-state index contributed by atoms with van der Waals surface area (Å²) in [4.78, 5) is 24.2. The smallest absolute Gasteiger partial charge is 0.287 e. The standard InChI is InChI=1S/C19H21NO4/c1-11(2)14-8-15(13-7-5-4-6-12(13)14)20-19(22)17-9-16(21)18(23-3)10-24-17/h4-7,9-11,14-15H,8H2,1-3H3,(H,20,22)/t14-,15-/m1/s1. The highest BCUT2D eigenvalue weighted by atomic mass is 16.5. The highest BCUT2D eigenvalue weighted by molar-refractivity contribution is 5.91. The van der Waals surface area contributed by atoms with Crippen molar-refractivity contribution in [2.45, 2.75) is 32.2 Å². The third-order valence-electron chi connectivity index (χ3n) is 4.61. The quantitative estimate of drug-likeness (QED) is 0.936. The van der Waals surface area contributed by atoms with Gasteiger partial charge in [0.15, 0.2) is 5.76 Å². The molecule has 0 radical (unpaired) electrons. The van der Waals surface area contributed by atoms with Crippen LogP contribution in [0.4, 0.5) is 0 Å². The topological polar surface area (TPSA) is 68.5 Å². The molecule has 0 saturated carbocycles. The Morgan fingerprint density at radius 3 is 2.62 bits per heavy atom. The Hall–Kier alpha value is -2.56. The molecule has 0 saturated heterocycles. The number of carbonyl (C=O) groups is 1. The van der Waals surface area contributed by atoms with Crippen LogP contribution in [0.15, 0.2) is 45.8 Å². The van der Waals surface area contributed by atoms with E-state index in [9.17, 15) is 9.59 Å². The maximum atomic E-state index is 12.5. The normalized spacial score (nSPS) is 19.2. The minimum atomic E-state index is -0.390. The molecule has 1 aliphatic rings. The highest BCUT2D eigenvalue weighted by Gasteiger charge is 2.33. The van der Waals surface area contributed by atoms with E-state index in [1.54, 1.807) is 0 Å². The van der Waals surface area contributed by atoms with Gasteiger partial charge < -0.3 is 14.5 Å². The largest absolute Gasteiger partial charge is 0.490 e. The molecule has 0 bridgehead atoms. The molecule has 0 unspecified atom stereocenters. The van der Waals surface area contributed by atoms with E-state index in [0.717, 1.165) is 24.3 Å². The predicted molar refractivity (Wildman–Crippen MR) is 90.4 cm³/mol. The predicted octanol–water partition coefficient (Wildman–Crippen LogP) is 3.26. The summed E-state index contributed by atoms with van der Waals surface area (Å²) in [5, 5.41) is 2.99. The van der Waals surface area contributed by atoms with E-state index in [1.807, 2.05) is 18.2 Å². The van der Waals surface area contributed by atoms with Crippen molar-refractivity contribution < 1.29 is 13.9 Å². The van der Waals surface area contributed by atoms with Crippen LogP contribution >= 0.6 is 0 Å². The average molecular weight is 327 g/mol. The molecule has 1 heterocycles. The molecule has 0 spiro atoms. The van der Waals surface area contributed by atoms with Gasteiger partial charge in [-0.05, 0) is 29.4 Å². The van der Waals surface area contributed by atoms with Gasteiger partial charge >= 0.3 is 0 Å². The van der Waals surface area contributed by atoms with Crippen molar-refractivity contribution in [3.63, 3.8) is 0 Å².